The summed E-state index contributed by atoms with van der Waals surface area (Å²) < 4.78 is 39.7. The van der Waals surface area contributed by atoms with Crippen molar-refractivity contribution in [2.75, 3.05) is 29.1 Å². The number of anilines is 3. The predicted octanol–water partition coefficient (Wildman–Crippen LogP) is 5.36. The Bertz CT molecular complexity index is 1220. The van der Waals surface area contributed by atoms with Crippen molar-refractivity contribution in [3.63, 3.8) is 0 Å². The lowest BCUT2D eigenvalue weighted by molar-refractivity contribution is 0.342. The van der Waals surface area contributed by atoms with Crippen molar-refractivity contribution < 1.29 is 17.9 Å². The molecule has 10 heteroatoms. The van der Waals surface area contributed by atoms with Gasteiger partial charge in [-0.2, -0.15) is 0 Å². The molecule has 0 spiro atoms. The first-order valence-electron chi connectivity index (χ1n) is 9.59. The Morgan fingerprint density at radius 1 is 0.969 bits per heavy atom. The number of hydrogen-bond acceptors (Lipinski definition) is 5. The predicted molar refractivity (Wildman–Crippen MR) is 133 cm³/mol. The minimum absolute atomic E-state index is 0.0565. The van der Waals surface area contributed by atoms with Crippen LogP contribution in [0.4, 0.5) is 17.1 Å². The maximum absolute atomic E-state index is 13.2. The van der Waals surface area contributed by atoms with E-state index in [2.05, 4.69) is 15.4 Å². The van der Waals surface area contributed by atoms with Gasteiger partial charge in [0.1, 0.15) is 16.4 Å². The molecule has 32 heavy (non-hydrogen) atoms. The molecule has 0 radical (unpaired) electrons. The van der Waals surface area contributed by atoms with Gasteiger partial charge < -0.3 is 20.1 Å². The fraction of sp³-hybridized carbons (Fsp3) is 0.136. The Morgan fingerprint density at radius 2 is 1.62 bits per heavy atom. The third kappa shape index (κ3) is 5.82. The molecule has 168 valence electrons. The average Bonchev–Trinajstić information content (AvgIpc) is 2.77. The Kier molecular flexibility index (Phi) is 7.79. The highest BCUT2D eigenvalue weighted by Crippen LogP contribution is 2.31. The highest BCUT2D eigenvalue weighted by Gasteiger charge is 2.22. The molecule has 3 N–H and O–H groups in total. The summed E-state index contributed by atoms with van der Waals surface area (Å²) in [7, 11) is -2.57. The molecule has 0 saturated heterocycles. The number of hydrogen-bond donors (Lipinski definition) is 3. The molecule has 0 saturated carbocycles. The molecule has 0 heterocycles. The van der Waals surface area contributed by atoms with Crippen molar-refractivity contribution in [2.45, 2.75) is 11.8 Å². The van der Waals surface area contributed by atoms with Crippen molar-refractivity contribution in [3.8, 4) is 11.5 Å². The van der Waals surface area contributed by atoms with Gasteiger partial charge in [-0.25, -0.2) is 8.42 Å². The Hall–Kier alpha value is -3.01. The lowest BCUT2D eigenvalue weighted by Gasteiger charge is -2.17. The summed E-state index contributed by atoms with van der Waals surface area (Å²) in [4.78, 5) is -0.0565. The van der Waals surface area contributed by atoms with E-state index < -0.39 is 10.0 Å². The number of ether oxygens (including phenoxy) is 2. The molecule has 7 nitrogen and oxygen atoms in total. The molecule has 0 fully saturated rings. The maximum Gasteiger partial charge on any atom is 0.264 e. The van der Waals surface area contributed by atoms with Crippen molar-refractivity contribution in [2.24, 2.45) is 0 Å². The SMILES string of the molecule is CCOc1ccccc1NC(=S)Nc1ccc(OC)cc1S(=O)(=O)Nc1ccccc1Cl. The average molecular weight is 492 g/mol. The van der Waals surface area contributed by atoms with Gasteiger partial charge in [0.25, 0.3) is 10.0 Å². The van der Waals surface area contributed by atoms with Crippen molar-refractivity contribution >= 4 is 56.0 Å². The van der Waals surface area contributed by atoms with E-state index in [1.54, 1.807) is 36.4 Å². The van der Waals surface area contributed by atoms with Crippen molar-refractivity contribution in [3.05, 3.63) is 71.8 Å². The Labute approximate surface area is 197 Å². The van der Waals surface area contributed by atoms with Crippen molar-refractivity contribution in [1.29, 1.82) is 0 Å². The van der Waals surface area contributed by atoms with E-state index in [-0.39, 0.29) is 26.4 Å². The number of rotatable bonds is 8. The first-order chi connectivity index (χ1) is 15.3. The van der Waals surface area contributed by atoms with Gasteiger partial charge in [0.2, 0.25) is 0 Å². The zero-order valence-corrected chi connectivity index (χ0v) is 19.8. The van der Waals surface area contributed by atoms with Crippen molar-refractivity contribution in [1.82, 2.24) is 0 Å². The van der Waals surface area contributed by atoms with Crippen LogP contribution in [0, 0.1) is 0 Å². The normalized spacial score (nSPS) is 10.8. The zero-order valence-electron chi connectivity index (χ0n) is 17.4. The maximum atomic E-state index is 13.2. The highest BCUT2D eigenvalue weighted by atomic mass is 35.5. The molecule has 3 aromatic rings. The van der Waals surface area contributed by atoms with Gasteiger partial charge in [-0.3, -0.25) is 4.72 Å². The van der Waals surface area contributed by atoms with Crippen LogP contribution in [0.15, 0.2) is 71.6 Å². The highest BCUT2D eigenvalue weighted by molar-refractivity contribution is 7.93. The van der Waals surface area contributed by atoms with Crippen LogP contribution in [0.25, 0.3) is 0 Å². The summed E-state index contributed by atoms with van der Waals surface area (Å²) in [5, 5.41) is 6.45. The standard InChI is InChI=1S/C22H22ClN3O4S2/c1-3-30-20-11-7-6-10-18(20)24-22(31)25-19-13-12-15(29-2)14-21(19)32(27,28)26-17-9-5-4-8-16(17)23/h4-14,26H,3H2,1-2H3,(H2,24,25,31). The minimum Gasteiger partial charge on any atom is -0.497 e. The Balaban J connectivity index is 1.89. The zero-order chi connectivity index (χ0) is 23.1. The molecule has 0 unspecified atom stereocenters. The Morgan fingerprint density at radius 3 is 2.31 bits per heavy atom. The molecular weight excluding hydrogens is 470 g/mol. The molecule has 3 aromatic carbocycles. The molecule has 0 aliphatic rings. The second kappa shape index (κ2) is 10.5. The van der Waals surface area contributed by atoms with E-state index in [4.69, 9.17) is 33.3 Å². The smallest absolute Gasteiger partial charge is 0.264 e. The van der Waals surface area contributed by atoms with Gasteiger partial charge >= 0.3 is 0 Å². The lowest BCUT2D eigenvalue weighted by atomic mass is 10.3. The molecular formula is C22H22ClN3O4S2. The van der Waals surface area contributed by atoms with E-state index in [0.29, 0.717) is 23.8 Å². The largest absolute Gasteiger partial charge is 0.497 e. The van der Waals surface area contributed by atoms with Gasteiger partial charge in [-0.1, -0.05) is 35.9 Å². The van der Waals surface area contributed by atoms with E-state index >= 15 is 0 Å². The van der Waals surface area contributed by atoms with Crippen LogP contribution in [0.3, 0.4) is 0 Å². The molecule has 0 aromatic heterocycles. The summed E-state index contributed by atoms with van der Waals surface area (Å²) in [6.07, 6.45) is 0. The fourth-order valence-electron chi connectivity index (χ4n) is 2.83. The van der Waals surface area contributed by atoms with Crippen LogP contribution in [-0.2, 0) is 10.0 Å². The molecule has 0 bridgehead atoms. The van der Waals surface area contributed by atoms with E-state index in [1.165, 1.54) is 13.2 Å². The van der Waals surface area contributed by atoms with Crippen LogP contribution in [-0.4, -0.2) is 27.2 Å². The van der Waals surface area contributed by atoms with Crippen LogP contribution in [0.2, 0.25) is 5.02 Å². The number of methoxy groups -OCH3 is 1. The quantitative estimate of drug-likeness (QED) is 0.366. The lowest BCUT2D eigenvalue weighted by Crippen LogP contribution is -2.22. The number of halogens is 1. The van der Waals surface area contributed by atoms with E-state index in [0.717, 1.165) is 0 Å². The minimum atomic E-state index is -4.02. The third-order valence-electron chi connectivity index (χ3n) is 4.28. The summed E-state index contributed by atoms with van der Waals surface area (Å²) in [6.45, 7) is 2.38. The second-order valence-electron chi connectivity index (χ2n) is 6.46. The summed E-state index contributed by atoms with van der Waals surface area (Å²) in [5.41, 5.74) is 1.17. The number of sulfonamides is 1. The first kappa shape index (κ1) is 23.6. The van der Waals surface area contributed by atoms with Crippen LogP contribution in [0.1, 0.15) is 6.92 Å². The third-order valence-corrected chi connectivity index (χ3v) is 6.22. The number of para-hydroxylation sites is 3. The summed E-state index contributed by atoms with van der Waals surface area (Å²) in [5.74, 6) is 0.998. The topological polar surface area (TPSA) is 88.7 Å². The van der Waals surface area contributed by atoms with Gasteiger partial charge in [-0.05, 0) is 55.5 Å². The summed E-state index contributed by atoms with van der Waals surface area (Å²) >= 11 is 11.5. The number of thiocarbonyl (C=S) groups is 1. The van der Waals surface area contributed by atoms with E-state index in [1.807, 2.05) is 31.2 Å². The van der Waals surface area contributed by atoms with Crippen LogP contribution in [0.5, 0.6) is 11.5 Å². The molecule has 0 aliphatic heterocycles. The molecule has 0 amide bonds. The monoisotopic (exact) mass is 491 g/mol. The van der Waals surface area contributed by atoms with Crippen LogP contribution < -0.4 is 24.8 Å². The van der Waals surface area contributed by atoms with Gasteiger partial charge in [-0.15, -0.1) is 0 Å². The number of benzene rings is 3. The molecule has 0 aliphatic carbocycles. The first-order valence-corrected chi connectivity index (χ1v) is 11.9. The second-order valence-corrected chi connectivity index (χ2v) is 8.92. The van der Waals surface area contributed by atoms with Gasteiger partial charge in [0.15, 0.2) is 5.11 Å². The fourth-order valence-corrected chi connectivity index (χ4v) is 4.54. The summed E-state index contributed by atoms with van der Waals surface area (Å²) in [6, 6.07) is 18.5. The van der Waals surface area contributed by atoms with E-state index in [9.17, 15) is 8.42 Å². The van der Waals surface area contributed by atoms with Gasteiger partial charge in [0, 0.05) is 6.07 Å². The molecule has 3 rings (SSSR count). The molecule has 0 atom stereocenters. The van der Waals surface area contributed by atoms with Gasteiger partial charge in [0.05, 0.1) is 35.8 Å². The van der Waals surface area contributed by atoms with Crippen LogP contribution >= 0.6 is 23.8 Å². The number of nitrogens with one attached hydrogen (secondary N) is 3.